The van der Waals surface area contributed by atoms with Crippen LogP contribution in [0.2, 0.25) is 0 Å². The van der Waals surface area contributed by atoms with Gasteiger partial charge >= 0.3 is 0 Å². The Bertz CT molecular complexity index is 400. The highest BCUT2D eigenvalue weighted by atomic mass is 16.3. The molecule has 2 N–H and O–H groups in total. The van der Waals surface area contributed by atoms with E-state index in [1.165, 1.54) is 18.6 Å². The summed E-state index contributed by atoms with van der Waals surface area (Å²) in [7, 11) is 0. The minimum absolute atomic E-state index is 0.282. The van der Waals surface area contributed by atoms with Gasteiger partial charge in [-0.1, -0.05) is 6.92 Å². The molecule has 5 nitrogen and oxygen atoms in total. The summed E-state index contributed by atoms with van der Waals surface area (Å²) in [5.41, 5.74) is -0.477. The van der Waals surface area contributed by atoms with Gasteiger partial charge in [-0.05, 0) is 31.6 Å². The van der Waals surface area contributed by atoms with Crippen molar-refractivity contribution in [2.75, 3.05) is 6.54 Å². The van der Waals surface area contributed by atoms with Crippen LogP contribution in [0, 0.1) is 5.92 Å². The Kier molecular flexibility index (Phi) is 3.91. The van der Waals surface area contributed by atoms with Crippen molar-refractivity contribution in [2.45, 2.75) is 38.2 Å². The predicted molar refractivity (Wildman–Crippen MR) is 66.9 cm³/mol. The van der Waals surface area contributed by atoms with Gasteiger partial charge in [0.15, 0.2) is 0 Å². The van der Waals surface area contributed by atoms with E-state index >= 15 is 0 Å². The van der Waals surface area contributed by atoms with Gasteiger partial charge in [-0.15, -0.1) is 0 Å². The Morgan fingerprint density at radius 1 is 1.50 bits per heavy atom. The number of rotatable bonds is 3. The van der Waals surface area contributed by atoms with Crippen LogP contribution in [0.5, 0.6) is 0 Å². The molecule has 2 rings (SSSR count). The topological polar surface area (TPSA) is 75.1 Å². The highest BCUT2D eigenvalue weighted by Crippen LogP contribution is 2.31. The first-order valence-corrected chi connectivity index (χ1v) is 6.36. The highest BCUT2D eigenvalue weighted by Gasteiger charge is 2.32. The summed E-state index contributed by atoms with van der Waals surface area (Å²) in [4.78, 5) is 19.5. The normalized spacial score (nSPS) is 27.8. The smallest absolute Gasteiger partial charge is 0.271 e. The molecule has 1 aliphatic carbocycles. The Labute approximate surface area is 107 Å². The third-order valence-corrected chi connectivity index (χ3v) is 3.58. The maximum Gasteiger partial charge on any atom is 0.271 e. The van der Waals surface area contributed by atoms with E-state index in [9.17, 15) is 9.90 Å². The lowest BCUT2D eigenvalue weighted by molar-refractivity contribution is -0.00544. The van der Waals surface area contributed by atoms with Gasteiger partial charge in [0.05, 0.1) is 11.8 Å². The van der Waals surface area contributed by atoms with Crippen LogP contribution in [-0.4, -0.2) is 33.1 Å². The maximum atomic E-state index is 11.8. The number of carbonyl (C=O) groups excluding carboxylic acids is 1. The summed E-state index contributed by atoms with van der Waals surface area (Å²) < 4.78 is 0. The van der Waals surface area contributed by atoms with Gasteiger partial charge < -0.3 is 10.4 Å². The second-order valence-corrected chi connectivity index (χ2v) is 5.18. The zero-order valence-corrected chi connectivity index (χ0v) is 10.6. The predicted octanol–water partition coefficient (Wildman–Crippen LogP) is 1.15. The number of aliphatic hydroxyl groups is 1. The number of hydrogen-bond donors (Lipinski definition) is 2. The molecular formula is C13H19N3O2. The molecule has 0 spiro atoms. The molecule has 1 amide bonds. The monoisotopic (exact) mass is 249 g/mol. The molecule has 0 aliphatic heterocycles. The van der Waals surface area contributed by atoms with Crippen molar-refractivity contribution in [3.63, 3.8) is 0 Å². The number of carbonyl (C=O) groups is 1. The summed E-state index contributed by atoms with van der Waals surface area (Å²) >= 11 is 0. The van der Waals surface area contributed by atoms with E-state index in [4.69, 9.17) is 0 Å². The lowest BCUT2D eigenvalue weighted by Crippen LogP contribution is -2.45. The van der Waals surface area contributed by atoms with Crippen LogP contribution < -0.4 is 5.32 Å². The largest absolute Gasteiger partial charge is 0.388 e. The van der Waals surface area contributed by atoms with E-state index in [-0.39, 0.29) is 18.1 Å². The van der Waals surface area contributed by atoms with Crippen molar-refractivity contribution in [1.29, 1.82) is 0 Å². The van der Waals surface area contributed by atoms with Crippen molar-refractivity contribution in [3.8, 4) is 0 Å². The van der Waals surface area contributed by atoms with E-state index in [0.717, 1.165) is 25.7 Å². The number of aromatic nitrogens is 2. The van der Waals surface area contributed by atoms with Crippen LogP contribution in [0.3, 0.4) is 0 Å². The summed E-state index contributed by atoms with van der Waals surface area (Å²) in [5, 5.41) is 13.1. The first kappa shape index (κ1) is 13.0. The Balaban J connectivity index is 1.86. The summed E-state index contributed by atoms with van der Waals surface area (Å²) in [6, 6.07) is 0. The molecule has 0 saturated heterocycles. The van der Waals surface area contributed by atoms with E-state index in [2.05, 4.69) is 22.2 Å². The fraction of sp³-hybridized carbons (Fsp3) is 0.615. The van der Waals surface area contributed by atoms with Gasteiger partial charge in [-0.25, -0.2) is 4.98 Å². The van der Waals surface area contributed by atoms with E-state index < -0.39 is 5.60 Å². The molecule has 0 bridgehead atoms. The molecule has 1 saturated carbocycles. The van der Waals surface area contributed by atoms with Gasteiger partial charge in [0.2, 0.25) is 0 Å². The van der Waals surface area contributed by atoms with Crippen molar-refractivity contribution < 1.29 is 9.90 Å². The molecule has 0 atom stereocenters. The van der Waals surface area contributed by atoms with Gasteiger partial charge in [0.25, 0.3) is 5.91 Å². The fourth-order valence-corrected chi connectivity index (χ4v) is 2.23. The van der Waals surface area contributed by atoms with Crippen molar-refractivity contribution in [2.24, 2.45) is 5.92 Å². The second kappa shape index (κ2) is 5.44. The Hall–Kier alpha value is -1.49. The van der Waals surface area contributed by atoms with Crippen LogP contribution in [0.4, 0.5) is 0 Å². The van der Waals surface area contributed by atoms with Gasteiger partial charge in [-0.3, -0.25) is 9.78 Å². The summed E-state index contributed by atoms with van der Waals surface area (Å²) in [6.07, 6.45) is 7.93. The van der Waals surface area contributed by atoms with E-state index in [1.807, 2.05) is 0 Å². The molecule has 1 aromatic rings. The average Bonchev–Trinajstić information content (AvgIpc) is 2.41. The maximum absolute atomic E-state index is 11.8. The number of nitrogens with one attached hydrogen (secondary N) is 1. The van der Waals surface area contributed by atoms with Gasteiger partial charge in [0, 0.05) is 18.9 Å². The Morgan fingerprint density at radius 2 is 2.22 bits per heavy atom. The molecule has 0 aromatic carbocycles. The Morgan fingerprint density at radius 3 is 2.83 bits per heavy atom. The van der Waals surface area contributed by atoms with Crippen molar-refractivity contribution in [3.05, 3.63) is 24.3 Å². The molecular weight excluding hydrogens is 230 g/mol. The standard InChI is InChI=1S/C13H19N3O2/c1-10-2-4-13(18,5-3-10)9-16-12(17)11-8-14-6-7-15-11/h6-8,10,18H,2-5,9H2,1H3,(H,16,17). The van der Waals surface area contributed by atoms with Crippen LogP contribution in [0.1, 0.15) is 43.1 Å². The number of hydrogen-bond acceptors (Lipinski definition) is 4. The third-order valence-electron chi connectivity index (χ3n) is 3.58. The van der Waals surface area contributed by atoms with E-state index in [0.29, 0.717) is 5.92 Å². The summed E-state index contributed by atoms with van der Waals surface area (Å²) in [6.45, 7) is 2.48. The lowest BCUT2D eigenvalue weighted by atomic mass is 9.79. The summed E-state index contributed by atoms with van der Waals surface area (Å²) in [5.74, 6) is 0.385. The molecule has 5 heteroatoms. The van der Waals surface area contributed by atoms with Crippen LogP contribution in [0.15, 0.2) is 18.6 Å². The van der Waals surface area contributed by atoms with Crippen molar-refractivity contribution in [1.82, 2.24) is 15.3 Å². The first-order valence-electron chi connectivity index (χ1n) is 6.36. The van der Waals surface area contributed by atoms with Crippen LogP contribution in [-0.2, 0) is 0 Å². The molecule has 1 fully saturated rings. The molecule has 98 valence electrons. The first-order chi connectivity index (χ1) is 8.59. The van der Waals surface area contributed by atoms with E-state index in [1.54, 1.807) is 0 Å². The quantitative estimate of drug-likeness (QED) is 0.842. The third kappa shape index (κ3) is 3.26. The minimum Gasteiger partial charge on any atom is -0.388 e. The zero-order chi connectivity index (χ0) is 13.0. The molecule has 0 unspecified atom stereocenters. The molecule has 1 aromatic heterocycles. The SMILES string of the molecule is CC1CCC(O)(CNC(=O)c2cnccn2)CC1. The van der Waals surface area contributed by atoms with Crippen molar-refractivity contribution >= 4 is 5.91 Å². The van der Waals surface area contributed by atoms with Crippen LogP contribution >= 0.6 is 0 Å². The van der Waals surface area contributed by atoms with Gasteiger partial charge in [0.1, 0.15) is 5.69 Å². The molecule has 1 heterocycles. The average molecular weight is 249 g/mol. The van der Waals surface area contributed by atoms with Crippen LogP contribution in [0.25, 0.3) is 0 Å². The van der Waals surface area contributed by atoms with Gasteiger partial charge in [-0.2, -0.15) is 0 Å². The molecule has 0 radical (unpaired) electrons. The lowest BCUT2D eigenvalue weighted by Gasteiger charge is -2.34. The second-order valence-electron chi connectivity index (χ2n) is 5.18. The minimum atomic E-state index is -0.760. The molecule has 1 aliphatic rings. The number of nitrogens with zero attached hydrogens (tertiary/aromatic N) is 2. The molecule has 18 heavy (non-hydrogen) atoms. The fourth-order valence-electron chi connectivity index (χ4n) is 2.23. The zero-order valence-electron chi connectivity index (χ0n) is 10.6. The highest BCUT2D eigenvalue weighted by molar-refractivity contribution is 5.91. The number of amides is 1.